The van der Waals surface area contributed by atoms with Crippen LogP contribution in [0.4, 0.5) is 5.69 Å². The Hall–Kier alpha value is -2.23. The van der Waals surface area contributed by atoms with Crippen molar-refractivity contribution >= 4 is 5.69 Å². The average molecular weight is 230 g/mol. The molecule has 2 rings (SSSR count). The second-order valence-corrected chi connectivity index (χ2v) is 3.65. The van der Waals surface area contributed by atoms with Crippen LogP contribution in [-0.4, -0.2) is 12.1 Å². The number of anilines is 1. The second kappa shape index (κ2) is 4.74. The van der Waals surface area contributed by atoms with E-state index in [1.807, 2.05) is 25.1 Å². The number of ether oxygens (including phenoxy) is 2. The zero-order valence-corrected chi connectivity index (χ0v) is 9.81. The van der Waals surface area contributed by atoms with E-state index in [0.29, 0.717) is 23.1 Å². The molecule has 4 nitrogen and oxygen atoms in total. The minimum Gasteiger partial charge on any atom is -0.491 e. The van der Waals surface area contributed by atoms with Crippen LogP contribution in [0.15, 0.2) is 36.5 Å². The quantitative estimate of drug-likeness (QED) is 0.824. The first-order valence-corrected chi connectivity index (χ1v) is 5.23. The Kier molecular flexibility index (Phi) is 3.14. The fraction of sp³-hybridized carbons (Fsp3) is 0.154. The molecule has 2 N–H and O–H groups in total. The fourth-order valence-corrected chi connectivity index (χ4v) is 1.47. The SMILES string of the molecule is COc1cccnc1Oc1ccc(C)cc1N. The van der Waals surface area contributed by atoms with E-state index in [0.717, 1.165) is 5.56 Å². The molecule has 0 unspecified atom stereocenters. The van der Waals surface area contributed by atoms with Gasteiger partial charge < -0.3 is 15.2 Å². The number of hydrogen-bond acceptors (Lipinski definition) is 4. The van der Waals surface area contributed by atoms with Crippen LogP contribution in [0.5, 0.6) is 17.4 Å². The zero-order chi connectivity index (χ0) is 12.3. The molecule has 0 bridgehead atoms. The lowest BCUT2D eigenvalue weighted by molar-refractivity contribution is 0.370. The Balaban J connectivity index is 2.31. The van der Waals surface area contributed by atoms with Gasteiger partial charge in [-0.05, 0) is 36.8 Å². The predicted octanol–water partition coefficient (Wildman–Crippen LogP) is 2.77. The summed E-state index contributed by atoms with van der Waals surface area (Å²) in [6, 6.07) is 9.17. The van der Waals surface area contributed by atoms with Crippen molar-refractivity contribution in [3.63, 3.8) is 0 Å². The molecular weight excluding hydrogens is 216 g/mol. The number of aromatic nitrogens is 1. The number of rotatable bonds is 3. The van der Waals surface area contributed by atoms with Crippen LogP contribution in [0, 0.1) is 6.92 Å². The van der Waals surface area contributed by atoms with Crippen LogP contribution in [0.25, 0.3) is 0 Å². The van der Waals surface area contributed by atoms with Gasteiger partial charge in [-0.15, -0.1) is 0 Å². The maximum atomic E-state index is 5.87. The van der Waals surface area contributed by atoms with Crippen molar-refractivity contribution in [3.05, 3.63) is 42.1 Å². The normalized spacial score (nSPS) is 10.0. The summed E-state index contributed by atoms with van der Waals surface area (Å²) in [4.78, 5) is 4.11. The van der Waals surface area contributed by atoms with E-state index in [9.17, 15) is 0 Å². The summed E-state index contributed by atoms with van der Waals surface area (Å²) in [7, 11) is 1.57. The topological polar surface area (TPSA) is 57.4 Å². The Labute approximate surface area is 100 Å². The Morgan fingerprint density at radius 3 is 2.71 bits per heavy atom. The molecule has 1 aromatic heterocycles. The molecule has 0 saturated heterocycles. The van der Waals surface area contributed by atoms with Crippen LogP contribution in [0.3, 0.4) is 0 Å². The highest BCUT2D eigenvalue weighted by atomic mass is 16.5. The van der Waals surface area contributed by atoms with Crippen molar-refractivity contribution in [2.75, 3.05) is 12.8 Å². The van der Waals surface area contributed by atoms with E-state index in [2.05, 4.69) is 4.98 Å². The summed E-state index contributed by atoms with van der Waals surface area (Å²) in [6.07, 6.45) is 1.64. The molecule has 2 aromatic rings. The molecule has 4 heteroatoms. The van der Waals surface area contributed by atoms with Gasteiger partial charge in [-0.3, -0.25) is 0 Å². The zero-order valence-electron chi connectivity index (χ0n) is 9.81. The number of methoxy groups -OCH3 is 1. The lowest BCUT2D eigenvalue weighted by Crippen LogP contribution is -1.96. The van der Waals surface area contributed by atoms with Gasteiger partial charge in [-0.2, -0.15) is 0 Å². The summed E-state index contributed by atoms with van der Waals surface area (Å²) in [5.41, 5.74) is 7.53. The first-order valence-electron chi connectivity index (χ1n) is 5.23. The van der Waals surface area contributed by atoms with E-state index in [1.165, 1.54) is 0 Å². The monoisotopic (exact) mass is 230 g/mol. The van der Waals surface area contributed by atoms with Gasteiger partial charge in [0.2, 0.25) is 0 Å². The molecule has 0 aliphatic heterocycles. The number of aryl methyl sites for hydroxylation is 1. The molecule has 17 heavy (non-hydrogen) atoms. The molecule has 0 amide bonds. The van der Waals surface area contributed by atoms with E-state index in [1.54, 1.807) is 25.4 Å². The minimum absolute atomic E-state index is 0.408. The lowest BCUT2D eigenvalue weighted by Gasteiger charge is -2.10. The van der Waals surface area contributed by atoms with Crippen molar-refractivity contribution in [3.8, 4) is 17.4 Å². The molecule has 0 radical (unpaired) electrons. The molecule has 1 heterocycles. The maximum Gasteiger partial charge on any atom is 0.262 e. The summed E-state index contributed by atoms with van der Waals surface area (Å²) in [5.74, 6) is 1.56. The molecule has 0 fully saturated rings. The maximum absolute atomic E-state index is 5.87. The number of hydrogen-bond donors (Lipinski definition) is 1. The molecule has 0 spiro atoms. The van der Waals surface area contributed by atoms with Crippen LogP contribution in [-0.2, 0) is 0 Å². The van der Waals surface area contributed by atoms with Gasteiger partial charge in [-0.1, -0.05) is 6.07 Å². The fourth-order valence-electron chi connectivity index (χ4n) is 1.47. The van der Waals surface area contributed by atoms with Gasteiger partial charge in [0.05, 0.1) is 12.8 Å². The smallest absolute Gasteiger partial charge is 0.262 e. The Bertz CT molecular complexity index is 527. The van der Waals surface area contributed by atoms with Crippen molar-refractivity contribution < 1.29 is 9.47 Å². The third kappa shape index (κ3) is 2.47. The molecular formula is C13H14N2O2. The van der Waals surface area contributed by atoms with Gasteiger partial charge in [0.15, 0.2) is 11.5 Å². The molecule has 0 atom stereocenters. The second-order valence-electron chi connectivity index (χ2n) is 3.65. The van der Waals surface area contributed by atoms with Crippen LogP contribution < -0.4 is 15.2 Å². The van der Waals surface area contributed by atoms with Crippen molar-refractivity contribution in [1.29, 1.82) is 0 Å². The first kappa shape index (κ1) is 11.3. The molecule has 1 aromatic carbocycles. The predicted molar refractivity (Wildman–Crippen MR) is 66.5 cm³/mol. The van der Waals surface area contributed by atoms with Gasteiger partial charge in [0, 0.05) is 6.20 Å². The molecule has 0 saturated carbocycles. The van der Waals surface area contributed by atoms with E-state index >= 15 is 0 Å². The summed E-state index contributed by atoms with van der Waals surface area (Å²) < 4.78 is 10.8. The van der Waals surface area contributed by atoms with Gasteiger partial charge in [-0.25, -0.2) is 4.98 Å². The highest BCUT2D eigenvalue weighted by Gasteiger charge is 2.08. The number of benzene rings is 1. The van der Waals surface area contributed by atoms with Gasteiger partial charge in [0.25, 0.3) is 5.88 Å². The van der Waals surface area contributed by atoms with Gasteiger partial charge in [0.1, 0.15) is 0 Å². The molecule has 88 valence electrons. The largest absolute Gasteiger partial charge is 0.491 e. The highest BCUT2D eigenvalue weighted by molar-refractivity contribution is 5.55. The minimum atomic E-state index is 0.408. The number of nitrogens with two attached hydrogens (primary N) is 1. The number of pyridine rings is 1. The first-order chi connectivity index (χ1) is 8.20. The van der Waals surface area contributed by atoms with Gasteiger partial charge >= 0.3 is 0 Å². The van der Waals surface area contributed by atoms with Crippen molar-refractivity contribution in [2.24, 2.45) is 0 Å². The summed E-state index contributed by atoms with van der Waals surface area (Å²) in [5, 5.41) is 0. The molecule has 0 aliphatic carbocycles. The van der Waals surface area contributed by atoms with E-state index in [-0.39, 0.29) is 0 Å². The summed E-state index contributed by atoms with van der Waals surface area (Å²) in [6.45, 7) is 1.97. The third-order valence-electron chi connectivity index (χ3n) is 2.33. The van der Waals surface area contributed by atoms with E-state index < -0.39 is 0 Å². The summed E-state index contributed by atoms with van der Waals surface area (Å²) >= 11 is 0. The Morgan fingerprint density at radius 1 is 1.18 bits per heavy atom. The van der Waals surface area contributed by atoms with Crippen LogP contribution >= 0.6 is 0 Å². The highest BCUT2D eigenvalue weighted by Crippen LogP contribution is 2.32. The van der Waals surface area contributed by atoms with Crippen LogP contribution in [0.2, 0.25) is 0 Å². The third-order valence-corrected chi connectivity index (χ3v) is 2.33. The average Bonchev–Trinajstić information content (AvgIpc) is 2.33. The van der Waals surface area contributed by atoms with Crippen LogP contribution in [0.1, 0.15) is 5.56 Å². The Morgan fingerprint density at radius 2 is 2.00 bits per heavy atom. The number of nitrogen functional groups attached to an aromatic ring is 1. The lowest BCUT2D eigenvalue weighted by atomic mass is 10.2. The molecule has 0 aliphatic rings. The van der Waals surface area contributed by atoms with Crippen molar-refractivity contribution in [1.82, 2.24) is 4.98 Å². The van der Waals surface area contributed by atoms with E-state index in [4.69, 9.17) is 15.2 Å². The number of nitrogens with zero attached hydrogens (tertiary/aromatic N) is 1. The standard InChI is InChI=1S/C13H14N2O2/c1-9-5-6-11(10(14)8-9)17-13-12(16-2)4-3-7-15-13/h3-8H,14H2,1-2H3. The van der Waals surface area contributed by atoms with Crippen molar-refractivity contribution in [2.45, 2.75) is 6.92 Å².